The average molecular weight is 555 g/mol. The van der Waals surface area contributed by atoms with Gasteiger partial charge in [0.05, 0.1) is 18.2 Å². The minimum absolute atomic E-state index is 0.00548. The van der Waals surface area contributed by atoms with Crippen molar-refractivity contribution in [2.24, 2.45) is 0 Å². The predicted molar refractivity (Wildman–Crippen MR) is 137 cm³/mol. The summed E-state index contributed by atoms with van der Waals surface area (Å²) in [5, 5.41) is 16.0. The summed E-state index contributed by atoms with van der Waals surface area (Å²) >= 11 is 0. The molecule has 1 aliphatic rings. The van der Waals surface area contributed by atoms with Crippen molar-refractivity contribution in [2.45, 2.75) is 45.8 Å². The summed E-state index contributed by atoms with van der Waals surface area (Å²) in [6.07, 6.45) is -1.77. The van der Waals surface area contributed by atoms with Crippen LogP contribution < -0.4 is 5.32 Å². The van der Waals surface area contributed by atoms with Crippen molar-refractivity contribution in [3.8, 4) is 0 Å². The number of carbonyl (C=O) groups excluding carboxylic acids is 3. The second-order valence-corrected chi connectivity index (χ2v) is 9.65. The van der Waals surface area contributed by atoms with E-state index >= 15 is 0 Å². The van der Waals surface area contributed by atoms with Gasteiger partial charge in [0, 0.05) is 24.7 Å². The number of carboxylic acids is 1. The van der Waals surface area contributed by atoms with Gasteiger partial charge in [-0.15, -0.1) is 0 Å². The lowest BCUT2D eigenvalue weighted by Gasteiger charge is -2.43. The van der Waals surface area contributed by atoms with E-state index in [1.165, 1.54) is 6.92 Å². The Kier molecular flexibility index (Phi) is 8.26. The first kappa shape index (κ1) is 28.4. The monoisotopic (exact) mass is 554 g/mol. The molecule has 10 nitrogen and oxygen atoms in total. The molecule has 2 N–H and O–H groups in total. The quantitative estimate of drug-likeness (QED) is 0.457. The molecule has 0 bridgehead atoms. The van der Waals surface area contributed by atoms with Gasteiger partial charge in [0.2, 0.25) is 0 Å². The Morgan fingerprint density at radius 1 is 1.02 bits per heavy atom. The molecule has 1 aromatic heterocycles. The molecular formula is C28H28F2N4O6. The first-order chi connectivity index (χ1) is 19.0. The van der Waals surface area contributed by atoms with Crippen molar-refractivity contribution in [3.05, 3.63) is 87.8 Å². The summed E-state index contributed by atoms with van der Waals surface area (Å²) in [6, 6.07) is 8.22. The van der Waals surface area contributed by atoms with Crippen LogP contribution in [-0.4, -0.2) is 63.0 Å². The fourth-order valence-electron chi connectivity index (χ4n) is 4.87. The van der Waals surface area contributed by atoms with Crippen LogP contribution in [0.15, 0.2) is 47.0 Å². The molecule has 1 aliphatic heterocycles. The number of aromatic nitrogens is 1. The number of hydrogen-bond acceptors (Lipinski definition) is 6. The second-order valence-electron chi connectivity index (χ2n) is 9.65. The predicted octanol–water partition coefficient (Wildman–Crippen LogP) is 3.52. The number of carboxylic acid groups (broad SMARTS) is 1. The van der Waals surface area contributed by atoms with Gasteiger partial charge < -0.3 is 24.7 Å². The summed E-state index contributed by atoms with van der Waals surface area (Å²) in [4.78, 5) is 55.0. The third-order valence-electron chi connectivity index (χ3n) is 6.64. The van der Waals surface area contributed by atoms with E-state index in [2.05, 4.69) is 10.5 Å². The van der Waals surface area contributed by atoms with E-state index < -0.39 is 54.0 Å². The summed E-state index contributed by atoms with van der Waals surface area (Å²) in [6.45, 7) is 4.96. The van der Waals surface area contributed by atoms with Gasteiger partial charge in [0.25, 0.3) is 17.7 Å². The van der Waals surface area contributed by atoms with Crippen LogP contribution in [0.5, 0.6) is 0 Å². The lowest BCUT2D eigenvalue weighted by Crippen LogP contribution is -2.63. The molecule has 3 aromatic rings. The van der Waals surface area contributed by atoms with Gasteiger partial charge >= 0.3 is 5.97 Å². The molecule has 210 valence electrons. The lowest BCUT2D eigenvalue weighted by molar-refractivity contribution is -0.138. The van der Waals surface area contributed by atoms with Crippen molar-refractivity contribution in [1.82, 2.24) is 20.3 Å². The van der Waals surface area contributed by atoms with Gasteiger partial charge in [-0.3, -0.25) is 19.2 Å². The molecule has 4 rings (SSSR count). The summed E-state index contributed by atoms with van der Waals surface area (Å²) < 4.78 is 33.1. The zero-order chi connectivity index (χ0) is 29.1. The van der Waals surface area contributed by atoms with E-state index in [-0.39, 0.29) is 42.1 Å². The summed E-state index contributed by atoms with van der Waals surface area (Å²) in [5.41, 5.74) is 1.40. The molecular weight excluding hydrogens is 526 g/mol. The van der Waals surface area contributed by atoms with Crippen molar-refractivity contribution >= 4 is 23.7 Å². The van der Waals surface area contributed by atoms with Crippen molar-refractivity contribution in [3.63, 3.8) is 0 Å². The van der Waals surface area contributed by atoms with Crippen LogP contribution in [0, 0.1) is 32.4 Å². The number of hydrogen-bond donors (Lipinski definition) is 2. The maximum atomic E-state index is 14.0. The van der Waals surface area contributed by atoms with Crippen molar-refractivity contribution < 1.29 is 37.6 Å². The standard InChI is InChI=1S/C28H28F2N4O6/c1-15-6-4-7-18(10-15)22(14-23(35)36)31-25(37)26-33(27(38)19-11-20(29)13-21(30)12-19)8-5-9-34(26)28(39)24-16(2)32-40-17(24)3/h4,6-7,10-13,22,26H,5,8-9,14H2,1-3H3,(H,31,37)(H,35,36). The molecule has 40 heavy (non-hydrogen) atoms. The molecule has 12 heteroatoms. The number of nitrogens with zero attached hydrogens (tertiary/aromatic N) is 3. The van der Waals surface area contributed by atoms with E-state index in [1.807, 2.05) is 13.0 Å². The molecule has 2 atom stereocenters. The summed E-state index contributed by atoms with van der Waals surface area (Å²) in [7, 11) is 0. The number of benzene rings is 2. The highest BCUT2D eigenvalue weighted by Gasteiger charge is 2.43. The van der Waals surface area contributed by atoms with Crippen LogP contribution in [0.1, 0.15) is 62.2 Å². The number of rotatable bonds is 7. The Morgan fingerprint density at radius 3 is 2.25 bits per heavy atom. The Balaban J connectivity index is 1.76. The first-order valence-electron chi connectivity index (χ1n) is 12.6. The van der Waals surface area contributed by atoms with Gasteiger partial charge in [-0.05, 0) is 44.9 Å². The normalized spacial score (nSPS) is 16.0. The Morgan fingerprint density at radius 2 is 1.68 bits per heavy atom. The fourth-order valence-corrected chi connectivity index (χ4v) is 4.87. The zero-order valence-corrected chi connectivity index (χ0v) is 22.1. The molecule has 3 amide bonds. The SMILES string of the molecule is Cc1cccc(C(CC(=O)O)NC(=O)C2N(C(=O)c3cc(F)cc(F)c3)CCCN2C(=O)c2c(C)noc2C)c1. The molecule has 0 spiro atoms. The van der Waals surface area contributed by atoms with Crippen molar-refractivity contribution in [1.29, 1.82) is 0 Å². The Bertz CT molecular complexity index is 1430. The third kappa shape index (κ3) is 6.00. The van der Waals surface area contributed by atoms with Gasteiger partial charge in [-0.25, -0.2) is 8.78 Å². The minimum Gasteiger partial charge on any atom is -0.481 e. The van der Waals surface area contributed by atoms with Crippen LogP contribution in [0.4, 0.5) is 8.78 Å². The molecule has 0 aliphatic carbocycles. The highest BCUT2D eigenvalue weighted by Crippen LogP contribution is 2.26. The van der Waals surface area contributed by atoms with Gasteiger partial charge in [0.15, 0.2) is 6.17 Å². The van der Waals surface area contributed by atoms with E-state index in [0.29, 0.717) is 11.6 Å². The fraction of sp³-hybridized carbons (Fsp3) is 0.321. The molecule has 2 heterocycles. The first-order valence-corrected chi connectivity index (χ1v) is 12.6. The maximum Gasteiger partial charge on any atom is 0.305 e. The highest BCUT2D eigenvalue weighted by atomic mass is 19.1. The summed E-state index contributed by atoms with van der Waals surface area (Å²) in [5.74, 6) is -5.28. The van der Waals surface area contributed by atoms with Gasteiger partial charge in [0.1, 0.15) is 23.0 Å². The minimum atomic E-state index is -1.56. The smallest absolute Gasteiger partial charge is 0.305 e. The van der Waals surface area contributed by atoms with Crippen LogP contribution in [-0.2, 0) is 9.59 Å². The van der Waals surface area contributed by atoms with Crippen LogP contribution in [0.25, 0.3) is 0 Å². The number of aryl methyl sites for hydroxylation is 3. The molecule has 2 aromatic carbocycles. The molecule has 2 unspecified atom stereocenters. The average Bonchev–Trinajstić information content (AvgIpc) is 3.23. The van der Waals surface area contributed by atoms with E-state index in [0.717, 1.165) is 27.5 Å². The number of nitrogens with one attached hydrogen (secondary N) is 1. The van der Waals surface area contributed by atoms with E-state index in [4.69, 9.17) is 4.52 Å². The third-order valence-corrected chi connectivity index (χ3v) is 6.64. The molecule has 1 fully saturated rings. The number of halogens is 2. The Hall–Kier alpha value is -4.61. The van der Waals surface area contributed by atoms with Crippen LogP contribution >= 0.6 is 0 Å². The molecule has 1 saturated heterocycles. The van der Waals surface area contributed by atoms with Gasteiger partial charge in [-0.2, -0.15) is 0 Å². The molecule has 0 saturated carbocycles. The zero-order valence-electron chi connectivity index (χ0n) is 22.1. The number of aliphatic carboxylic acids is 1. The van der Waals surface area contributed by atoms with Crippen LogP contribution in [0.2, 0.25) is 0 Å². The molecule has 0 radical (unpaired) electrons. The lowest BCUT2D eigenvalue weighted by atomic mass is 10.0. The Labute approximate surface area is 228 Å². The van der Waals surface area contributed by atoms with Gasteiger partial charge in [-0.1, -0.05) is 35.0 Å². The van der Waals surface area contributed by atoms with E-state index in [9.17, 15) is 33.1 Å². The van der Waals surface area contributed by atoms with Crippen LogP contribution in [0.3, 0.4) is 0 Å². The number of carbonyl (C=O) groups is 4. The highest BCUT2D eigenvalue weighted by molar-refractivity contribution is 6.02. The largest absolute Gasteiger partial charge is 0.481 e. The second kappa shape index (κ2) is 11.6. The number of amides is 3. The van der Waals surface area contributed by atoms with E-state index in [1.54, 1.807) is 25.1 Å². The topological polar surface area (TPSA) is 133 Å². The van der Waals surface area contributed by atoms with Crippen molar-refractivity contribution in [2.75, 3.05) is 13.1 Å². The maximum absolute atomic E-state index is 14.0.